The molecule has 0 aliphatic heterocycles. The fourth-order valence-corrected chi connectivity index (χ4v) is 2.84. The number of imidazole rings is 1. The van der Waals surface area contributed by atoms with Gasteiger partial charge in [0.15, 0.2) is 0 Å². The second-order valence-electron chi connectivity index (χ2n) is 6.16. The number of fused-ring (bicyclic) bond motifs is 1. The van der Waals surface area contributed by atoms with E-state index in [4.69, 9.17) is 4.74 Å². The van der Waals surface area contributed by atoms with Gasteiger partial charge in [-0.3, -0.25) is 4.79 Å². The van der Waals surface area contributed by atoms with Crippen LogP contribution < -0.4 is 10.2 Å². The van der Waals surface area contributed by atoms with E-state index < -0.39 is 0 Å². The van der Waals surface area contributed by atoms with Crippen LogP contribution in [-0.4, -0.2) is 29.2 Å². The van der Waals surface area contributed by atoms with Crippen LogP contribution in [0.25, 0.3) is 22.4 Å². The number of hydrogen-bond donors (Lipinski definition) is 2. The maximum Gasteiger partial charge on any atom is 0.271 e. The van der Waals surface area contributed by atoms with E-state index in [9.17, 15) is 4.79 Å². The third-order valence-corrected chi connectivity index (χ3v) is 4.26. The smallest absolute Gasteiger partial charge is 0.271 e. The van der Waals surface area contributed by atoms with Crippen LogP contribution in [0.3, 0.4) is 0 Å². The molecular weight excluding hydrogens is 352 g/mol. The number of aromatic amines is 1. The van der Waals surface area contributed by atoms with Crippen LogP contribution >= 0.6 is 0 Å². The lowest BCUT2D eigenvalue weighted by molar-refractivity contribution is 0.0955. The summed E-state index contributed by atoms with van der Waals surface area (Å²) in [6, 6.07) is 22.6. The van der Waals surface area contributed by atoms with Crippen LogP contribution in [0.1, 0.15) is 15.9 Å². The Morgan fingerprint density at radius 2 is 1.93 bits per heavy atom. The number of rotatable bonds is 5. The van der Waals surface area contributed by atoms with Crippen molar-refractivity contribution in [3.63, 3.8) is 0 Å². The minimum atomic E-state index is -0.295. The van der Waals surface area contributed by atoms with E-state index in [1.54, 1.807) is 25.5 Å². The van der Waals surface area contributed by atoms with Gasteiger partial charge >= 0.3 is 0 Å². The molecule has 2 N–H and O–H groups in total. The first-order valence-corrected chi connectivity index (χ1v) is 8.75. The van der Waals surface area contributed by atoms with Crippen LogP contribution in [-0.2, 0) is 0 Å². The molecular formula is C22H18N4O2. The predicted octanol–water partition coefficient (Wildman–Crippen LogP) is 4.00. The molecule has 0 unspecified atom stereocenters. The van der Waals surface area contributed by atoms with Crippen molar-refractivity contribution in [1.82, 2.24) is 15.4 Å². The van der Waals surface area contributed by atoms with Gasteiger partial charge in [0.2, 0.25) is 0 Å². The SMILES string of the molecule is COc1cccc(C=NNC(=O)c2ccc3nc(-c4ccccc4)[nH]c3c2)c1. The molecule has 4 aromatic rings. The summed E-state index contributed by atoms with van der Waals surface area (Å²) < 4.78 is 5.17. The van der Waals surface area contributed by atoms with E-state index in [0.717, 1.165) is 33.7 Å². The first-order valence-electron chi connectivity index (χ1n) is 8.75. The van der Waals surface area contributed by atoms with Gasteiger partial charge in [0.25, 0.3) is 5.91 Å². The molecule has 0 spiro atoms. The highest BCUT2D eigenvalue weighted by Gasteiger charge is 2.09. The highest BCUT2D eigenvalue weighted by atomic mass is 16.5. The van der Waals surface area contributed by atoms with Crippen LogP contribution in [0.4, 0.5) is 0 Å². The summed E-state index contributed by atoms with van der Waals surface area (Å²) in [6.07, 6.45) is 1.57. The van der Waals surface area contributed by atoms with Crippen LogP contribution in [0.2, 0.25) is 0 Å². The number of carbonyl (C=O) groups excluding carboxylic acids is 1. The first kappa shape index (κ1) is 17.5. The number of nitrogens with one attached hydrogen (secondary N) is 2. The van der Waals surface area contributed by atoms with Gasteiger partial charge < -0.3 is 9.72 Å². The molecule has 6 nitrogen and oxygen atoms in total. The zero-order chi connectivity index (χ0) is 19.3. The Bertz CT molecular complexity index is 1150. The summed E-state index contributed by atoms with van der Waals surface area (Å²) in [4.78, 5) is 20.2. The number of nitrogens with zero attached hydrogens (tertiary/aromatic N) is 2. The minimum absolute atomic E-state index is 0.295. The quantitative estimate of drug-likeness (QED) is 0.412. The third kappa shape index (κ3) is 3.76. The fraction of sp³-hybridized carbons (Fsp3) is 0.0455. The minimum Gasteiger partial charge on any atom is -0.497 e. The summed E-state index contributed by atoms with van der Waals surface area (Å²) in [5.41, 5.74) is 6.46. The predicted molar refractivity (Wildman–Crippen MR) is 110 cm³/mol. The van der Waals surface area contributed by atoms with E-state index >= 15 is 0 Å². The average Bonchev–Trinajstić information content (AvgIpc) is 3.18. The van der Waals surface area contributed by atoms with Crippen LogP contribution in [0, 0.1) is 0 Å². The van der Waals surface area contributed by atoms with E-state index in [1.165, 1.54) is 0 Å². The Balaban J connectivity index is 1.50. The molecule has 1 heterocycles. The second kappa shape index (κ2) is 7.75. The number of H-pyrrole nitrogens is 1. The molecule has 138 valence electrons. The van der Waals surface area contributed by atoms with Gasteiger partial charge in [0, 0.05) is 11.1 Å². The van der Waals surface area contributed by atoms with E-state index in [1.807, 2.05) is 60.7 Å². The number of aromatic nitrogens is 2. The van der Waals surface area contributed by atoms with E-state index in [2.05, 4.69) is 20.5 Å². The summed E-state index contributed by atoms with van der Waals surface area (Å²) in [5, 5.41) is 4.02. The van der Waals surface area contributed by atoms with Gasteiger partial charge in [-0.15, -0.1) is 0 Å². The lowest BCUT2D eigenvalue weighted by atomic mass is 10.2. The number of hydrazone groups is 1. The van der Waals surface area contributed by atoms with E-state index in [0.29, 0.717) is 5.56 Å². The summed E-state index contributed by atoms with van der Waals surface area (Å²) in [6.45, 7) is 0. The molecule has 4 rings (SSSR count). The highest BCUT2D eigenvalue weighted by Crippen LogP contribution is 2.21. The number of amides is 1. The average molecular weight is 370 g/mol. The van der Waals surface area contributed by atoms with Crippen molar-refractivity contribution in [1.29, 1.82) is 0 Å². The second-order valence-corrected chi connectivity index (χ2v) is 6.16. The van der Waals surface area contributed by atoms with Crippen LogP contribution in [0.5, 0.6) is 5.75 Å². The molecule has 0 aliphatic rings. The molecule has 0 bridgehead atoms. The maximum atomic E-state index is 12.4. The molecule has 3 aromatic carbocycles. The molecule has 0 saturated carbocycles. The van der Waals surface area contributed by atoms with Gasteiger partial charge in [0.1, 0.15) is 11.6 Å². The Morgan fingerprint density at radius 1 is 1.07 bits per heavy atom. The lowest BCUT2D eigenvalue weighted by Crippen LogP contribution is -2.17. The third-order valence-electron chi connectivity index (χ3n) is 4.26. The summed E-state index contributed by atoms with van der Waals surface area (Å²) in [5.74, 6) is 1.20. The Labute approximate surface area is 161 Å². The fourth-order valence-electron chi connectivity index (χ4n) is 2.84. The summed E-state index contributed by atoms with van der Waals surface area (Å²) >= 11 is 0. The van der Waals surface area contributed by atoms with Gasteiger partial charge in [-0.1, -0.05) is 42.5 Å². The van der Waals surface area contributed by atoms with Crippen molar-refractivity contribution in [2.45, 2.75) is 0 Å². The molecule has 0 radical (unpaired) electrons. The van der Waals surface area contributed by atoms with Crippen molar-refractivity contribution in [2.24, 2.45) is 5.10 Å². The molecule has 1 aromatic heterocycles. The highest BCUT2D eigenvalue weighted by molar-refractivity contribution is 5.98. The zero-order valence-corrected chi connectivity index (χ0v) is 15.2. The molecule has 0 saturated heterocycles. The largest absolute Gasteiger partial charge is 0.497 e. The van der Waals surface area contributed by atoms with Crippen molar-refractivity contribution < 1.29 is 9.53 Å². The Hall–Kier alpha value is -3.93. The molecule has 0 aliphatic carbocycles. The van der Waals surface area contributed by atoms with Crippen molar-refractivity contribution in [3.8, 4) is 17.1 Å². The number of benzene rings is 3. The van der Waals surface area contributed by atoms with Gasteiger partial charge in [-0.2, -0.15) is 5.10 Å². The van der Waals surface area contributed by atoms with Crippen molar-refractivity contribution in [3.05, 3.63) is 83.9 Å². The first-order chi connectivity index (χ1) is 13.7. The Kier molecular flexibility index (Phi) is 4.84. The topological polar surface area (TPSA) is 79.4 Å². The lowest BCUT2D eigenvalue weighted by Gasteiger charge is -2.01. The molecule has 1 amide bonds. The molecule has 0 atom stereocenters. The number of ether oxygens (including phenoxy) is 1. The molecule has 28 heavy (non-hydrogen) atoms. The van der Waals surface area contributed by atoms with Crippen molar-refractivity contribution >= 4 is 23.2 Å². The Morgan fingerprint density at radius 3 is 2.75 bits per heavy atom. The standard InChI is InChI=1S/C22H18N4O2/c1-28-18-9-5-6-15(12-18)14-23-26-22(27)17-10-11-19-20(13-17)25-21(24-19)16-7-3-2-4-8-16/h2-14H,1H3,(H,24,25)(H,26,27). The monoisotopic (exact) mass is 370 g/mol. The maximum absolute atomic E-state index is 12.4. The normalized spacial score (nSPS) is 11.0. The van der Waals surface area contributed by atoms with Crippen molar-refractivity contribution in [2.75, 3.05) is 7.11 Å². The molecule has 0 fully saturated rings. The van der Waals surface area contributed by atoms with E-state index in [-0.39, 0.29) is 5.91 Å². The number of hydrogen-bond acceptors (Lipinski definition) is 4. The zero-order valence-electron chi connectivity index (χ0n) is 15.2. The number of methoxy groups -OCH3 is 1. The van der Waals surface area contributed by atoms with Gasteiger partial charge in [-0.25, -0.2) is 10.4 Å². The molecule has 6 heteroatoms. The summed E-state index contributed by atoms with van der Waals surface area (Å²) in [7, 11) is 1.60. The number of carbonyl (C=O) groups is 1. The van der Waals surface area contributed by atoms with Crippen LogP contribution in [0.15, 0.2) is 77.9 Å². The van der Waals surface area contributed by atoms with Gasteiger partial charge in [-0.05, 0) is 35.9 Å². The van der Waals surface area contributed by atoms with Gasteiger partial charge in [0.05, 0.1) is 24.4 Å².